The van der Waals surface area contributed by atoms with E-state index in [0.29, 0.717) is 17.3 Å². The number of nitrogens with zero attached hydrogens (tertiary/aromatic N) is 1. The predicted octanol–water partition coefficient (Wildman–Crippen LogP) is 1.92. The first kappa shape index (κ1) is 12.6. The number of nitrogens with one attached hydrogen (secondary N) is 1. The Bertz CT molecular complexity index is 413. The molecule has 0 aliphatic carbocycles. The van der Waals surface area contributed by atoms with E-state index in [1.165, 1.54) is 12.1 Å². The van der Waals surface area contributed by atoms with Crippen LogP contribution in [0, 0.1) is 5.82 Å². The predicted molar refractivity (Wildman–Crippen MR) is 68.9 cm³/mol. The zero-order valence-electron chi connectivity index (χ0n) is 9.84. The molecule has 0 spiro atoms. The molecule has 1 atom stereocenters. The summed E-state index contributed by atoms with van der Waals surface area (Å²) < 4.78 is 13.2. The van der Waals surface area contributed by atoms with Gasteiger partial charge in [-0.2, -0.15) is 0 Å². The molecule has 0 aromatic heterocycles. The summed E-state index contributed by atoms with van der Waals surface area (Å²) in [5.74, 6) is -0.296. The molecule has 0 radical (unpaired) electrons. The maximum absolute atomic E-state index is 13.2. The molecule has 17 heavy (non-hydrogen) atoms. The monoisotopic (exact) mass is 257 g/mol. The standard InChI is InChI=1S/C12H17ClFN3/c1-17-5-4-12(7-15,8-17)16-11-6-9(14)2-3-10(11)13/h2-3,6,16H,4-5,7-8,15H2,1H3. The van der Waals surface area contributed by atoms with Gasteiger partial charge in [-0.25, -0.2) is 4.39 Å². The van der Waals surface area contributed by atoms with Crippen molar-refractivity contribution < 1.29 is 4.39 Å². The Kier molecular flexibility index (Phi) is 3.56. The van der Waals surface area contributed by atoms with E-state index >= 15 is 0 Å². The number of hydrogen-bond donors (Lipinski definition) is 2. The van der Waals surface area contributed by atoms with Crippen molar-refractivity contribution in [2.24, 2.45) is 5.73 Å². The van der Waals surface area contributed by atoms with Crippen molar-refractivity contribution in [3.05, 3.63) is 29.0 Å². The summed E-state index contributed by atoms with van der Waals surface area (Å²) in [7, 11) is 2.05. The van der Waals surface area contributed by atoms with Gasteiger partial charge in [-0.1, -0.05) is 11.6 Å². The van der Waals surface area contributed by atoms with Crippen molar-refractivity contribution in [2.75, 3.05) is 32.0 Å². The molecule has 1 unspecified atom stereocenters. The van der Waals surface area contributed by atoms with Gasteiger partial charge in [0.1, 0.15) is 5.82 Å². The number of nitrogens with two attached hydrogens (primary N) is 1. The van der Waals surface area contributed by atoms with Crippen LogP contribution >= 0.6 is 11.6 Å². The summed E-state index contributed by atoms with van der Waals surface area (Å²) in [5, 5.41) is 3.83. The third kappa shape index (κ3) is 2.70. The molecule has 2 rings (SSSR count). The Balaban J connectivity index is 2.21. The average molecular weight is 258 g/mol. The van der Waals surface area contributed by atoms with E-state index in [-0.39, 0.29) is 11.4 Å². The molecule has 0 bridgehead atoms. The number of anilines is 1. The minimum Gasteiger partial charge on any atom is -0.376 e. The summed E-state index contributed by atoms with van der Waals surface area (Å²) in [5.41, 5.74) is 6.26. The highest BCUT2D eigenvalue weighted by atomic mass is 35.5. The van der Waals surface area contributed by atoms with Gasteiger partial charge in [-0.3, -0.25) is 0 Å². The molecular weight excluding hydrogens is 241 g/mol. The van der Waals surface area contributed by atoms with Crippen LogP contribution in [0.25, 0.3) is 0 Å². The van der Waals surface area contributed by atoms with Crippen molar-refractivity contribution in [2.45, 2.75) is 12.0 Å². The molecular formula is C12H17ClFN3. The number of likely N-dealkylation sites (tertiary alicyclic amines) is 1. The van der Waals surface area contributed by atoms with Gasteiger partial charge in [0.15, 0.2) is 0 Å². The largest absolute Gasteiger partial charge is 0.376 e. The van der Waals surface area contributed by atoms with Crippen LogP contribution in [0.3, 0.4) is 0 Å². The van der Waals surface area contributed by atoms with Crippen molar-refractivity contribution in [1.29, 1.82) is 0 Å². The van der Waals surface area contributed by atoms with E-state index < -0.39 is 0 Å². The van der Waals surface area contributed by atoms with Gasteiger partial charge in [-0.15, -0.1) is 0 Å². The zero-order chi connectivity index (χ0) is 12.5. The van der Waals surface area contributed by atoms with Crippen molar-refractivity contribution >= 4 is 17.3 Å². The summed E-state index contributed by atoms with van der Waals surface area (Å²) in [6.45, 7) is 2.33. The van der Waals surface area contributed by atoms with E-state index in [0.717, 1.165) is 19.5 Å². The third-order valence-electron chi connectivity index (χ3n) is 3.26. The van der Waals surface area contributed by atoms with Gasteiger partial charge in [-0.05, 0) is 31.7 Å². The molecule has 3 nitrogen and oxygen atoms in total. The highest BCUT2D eigenvalue weighted by molar-refractivity contribution is 6.33. The van der Waals surface area contributed by atoms with E-state index in [9.17, 15) is 4.39 Å². The van der Waals surface area contributed by atoms with Crippen molar-refractivity contribution in [3.63, 3.8) is 0 Å². The number of hydrogen-bond acceptors (Lipinski definition) is 3. The number of likely N-dealkylation sites (N-methyl/N-ethyl adjacent to an activating group) is 1. The van der Waals surface area contributed by atoms with Crippen LogP contribution in [0.4, 0.5) is 10.1 Å². The maximum atomic E-state index is 13.2. The number of rotatable bonds is 3. The lowest BCUT2D eigenvalue weighted by molar-refractivity contribution is 0.385. The highest BCUT2D eigenvalue weighted by Crippen LogP contribution is 2.29. The molecule has 1 fully saturated rings. The second kappa shape index (κ2) is 4.80. The normalized spacial score (nSPS) is 25.2. The molecule has 94 valence electrons. The topological polar surface area (TPSA) is 41.3 Å². The molecule has 1 saturated heterocycles. The first-order chi connectivity index (χ1) is 8.04. The fourth-order valence-electron chi connectivity index (χ4n) is 2.28. The Morgan fingerprint density at radius 2 is 2.35 bits per heavy atom. The lowest BCUT2D eigenvalue weighted by Gasteiger charge is -2.30. The number of benzene rings is 1. The molecule has 0 saturated carbocycles. The van der Waals surface area contributed by atoms with Crippen LogP contribution in [0.15, 0.2) is 18.2 Å². The van der Waals surface area contributed by atoms with Crippen LogP contribution in [-0.4, -0.2) is 37.1 Å². The Labute approximate surface area is 106 Å². The van der Waals surface area contributed by atoms with Crippen LogP contribution < -0.4 is 11.1 Å². The molecule has 1 aliphatic rings. The lowest BCUT2D eigenvalue weighted by Crippen LogP contribution is -2.47. The van der Waals surface area contributed by atoms with Crippen LogP contribution in [-0.2, 0) is 0 Å². The van der Waals surface area contributed by atoms with E-state index in [2.05, 4.69) is 10.2 Å². The van der Waals surface area contributed by atoms with E-state index in [1.807, 2.05) is 7.05 Å². The first-order valence-electron chi connectivity index (χ1n) is 5.66. The molecule has 3 N–H and O–H groups in total. The Hall–Kier alpha value is -0.840. The van der Waals surface area contributed by atoms with Gasteiger partial charge in [0, 0.05) is 19.6 Å². The quantitative estimate of drug-likeness (QED) is 0.869. The fourth-order valence-corrected chi connectivity index (χ4v) is 2.44. The molecule has 1 aromatic rings. The maximum Gasteiger partial charge on any atom is 0.125 e. The van der Waals surface area contributed by atoms with Gasteiger partial charge >= 0.3 is 0 Å². The number of halogens is 2. The smallest absolute Gasteiger partial charge is 0.125 e. The molecule has 0 amide bonds. The summed E-state index contributed by atoms with van der Waals surface area (Å²) in [6.07, 6.45) is 0.937. The van der Waals surface area contributed by atoms with Crippen molar-refractivity contribution in [1.82, 2.24) is 4.90 Å². The van der Waals surface area contributed by atoms with Gasteiger partial charge in [0.05, 0.1) is 16.2 Å². The Morgan fingerprint density at radius 3 is 2.94 bits per heavy atom. The summed E-state index contributed by atoms with van der Waals surface area (Å²) in [6, 6.07) is 4.32. The molecule has 5 heteroatoms. The molecule has 1 heterocycles. The third-order valence-corrected chi connectivity index (χ3v) is 3.59. The zero-order valence-corrected chi connectivity index (χ0v) is 10.6. The first-order valence-corrected chi connectivity index (χ1v) is 6.04. The summed E-state index contributed by atoms with van der Waals surface area (Å²) in [4.78, 5) is 2.20. The average Bonchev–Trinajstić information content (AvgIpc) is 2.66. The van der Waals surface area contributed by atoms with Gasteiger partial charge in [0.25, 0.3) is 0 Å². The van der Waals surface area contributed by atoms with E-state index in [4.69, 9.17) is 17.3 Å². The fraction of sp³-hybridized carbons (Fsp3) is 0.500. The molecule has 1 aromatic carbocycles. The van der Waals surface area contributed by atoms with Crippen LogP contribution in [0.5, 0.6) is 0 Å². The minimum absolute atomic E-state index is 0.202. The van der Waals surface area contributed by atoms with Gasteiger partial charge < -0.3 is 16.0 Å². The SMILES string of the molecule is CN1CCC(CN)(Nc2cc(F)ccc2Cl)C1. The van der Waals surface area contributed by atoms with Gasteiger partial charge in [0.2, 0.25) is 0 Å². The van der Waals surface area contributed by atoms with E-state index in [1.54, 1.807) is 6.07 Å². The summed E-state index contributed by atoms with van der Waals surface area (Å²) >= 11 is 6.05. The Morgan fingerprint density at radius 1 is 1.59 bits per heavy atom. The van der Waals surface area contributed by atoms with Crippen LogP contribution in [0.2, 0.25) is 5.02 Å². The lowest BCUT2D eigenvalue weighted by atomic mass is 9.98. The van der Waals surface area contributed by atoms with Crippen molar-refractivity contribution in [3.8, 4) is 0 Å². The minimum atomic E-state index is -0.296. The van der Waals surface area contributed by atoms with Crippen LogP contribution in [0.1, 0.15) is 6.42 Å². The molecule has 1 aliphatic heterocycles. The second-order valence-corrected chi connectivity index (χ2v) is 5.13. The second-order valence-electron chi connectivity index (χ2n) is 4.72. The highest BCUT2D eigenvalue weighted by Gasteiger charge is 2.35.